The fraction of sp³-hybridized carbons (Fsp3) is 0.558. The van der Waals surface area contributed by atoms with E-state index in [4.69, 9.17) is 67.6 Å². The predicted molar refractivity (Wildman–Crippen MR) is 445 cm³/mol. The molecule has 37 nitrogen and oxygen atoms in total. The number of phenols is 1. The number of alkyl carbamates (subject to hydrolysis) is 1. The Bertz CT molecular complexity index is 4540. The third-order valence-corrected chi connectivity index (χ3v) is 21.1. The first-order valence-electron chi connectivity index (χ1n) is 41.7. The number of rotatable bonds is 54. The van der Waals surface area contributed by atoms with Crippen LogP contribution in [0.15, 0.2) is 89.9 Å². The average molecular weight is 1720 g/mol. The summed E-state index contributed by atoms with van der Waals surface area (Å²) in [6, 6.07) is 19.5. The maximum atomic E-state index is 14.2. The normalized spacial score (nSPS) is 16.9. The zero-order valence-electron chi connectivity index (χ0n) is 69.4. The van der Waals surface area contributed by atoms with Crippen molar-refractivity contribution in [1.82, 2.24) is 56.0 Å². The van der Waals surface area contributed by atoms with Crippen molar-refractivity contribution in [1.29, 1.82) is 0 Å². The van der Waals surface area contributed by atoms with E-state index in [1.54, 1.807) is 102 Å². The molecule has 6 aromatic rings. The molecule has 4 atom stereocenters. The number of aromatic hydroxyl groups is 1. The van der Waals surface area contributed by atoms with E-state index in [0.717, 1.165) is 42.2 Å². The minimum Gasteiger partial charge on any atom is -0.508 e. The number of hydrogen-bond donors (Lipinski definition) is 8. The van der Waals surface area contributed by atoms with Gasteiger partial charge in [-0.05, 0) is 123 Å². The topological polar surface area (TPSA) is 469 Å². The molecule has 9 N–H and O–H groups in total. The van der Waals surface area contributed by atoms with Crippen molar-refractivity contribution in [3.05, 3.63) is 134 Å². The van der Waals surface area contributed by atoms with Crippen molar-refractivity contribution in [3.63, 3.8) is 0 Å². The summed E-state index contributed by atoms with van der Waals surface area (Å²) in [5, 5.41) is 35.6. The lowest BCUT2D eigenvalue weighted by Gasteiger charge is -2.35. The number of phenolic OH excluding ortho intramolecular Hbond substituents is 1. The standard InChI is InChI=1S/C85H113N13O24.CH4/c1-4-64-65-45-63(99)22-23-69(65)92-77-66(64)51-97-72(77)46-68-67(82(97)108)53-120-83(109)85(68,5-2)122-76(103)48-89-84(110)121-52-59-16-20-61(21-17-59)90-79(105)70(13-9-10-24-86)93-80(106)71(44-57-11-7-6-8-12-57)91-74(101)55-119-54-73(100)87-25-27-111-29-31-113-33-35-115-37-39-117-41-42-118-40-38-116-36-34-114-32-30-112-28-26-96-50-62(94-95-96)47-88-78(104)60-18-14-58(15-19-60)49-98-75(102)43-56(3)81(98)107;/h6-8,11-12,16-17,20-23,45-46,50,56,58,60,70-71,99H,4-5,9-10,13-15,18-19,24-44,47-49,51-55,86H2,1-3H3,(H,87,100)(H,88,104)(H,89,110)(H,90,105)(H,91,101)(H,93,106);1H4/t56?,58?,60?,70-,71-,85-;/m0./s1. The van der Waals surface area contributed by atoms with Gasteiger partial charge in [0, 0.05) is 60.0 Å². The second kappa shape index (κ2) is 50.1. The number of hydrogen-bond acceptors (Lipinski definition) is 28. The Labute approximate surface area is 713 Å². The Kier molecular flexibility index (Phi) is 39.2. The van der Waals surface area contributed by atoms with E-state index in [2.05, 4.69) is 42.2 Å². The van der Waals surface area contributed by atoms with Gasteiger partial charge in [0.1, 0.15) is 56.5 Å². The highest BCUT2D eigenvalue weighted by Crippen LogP contribution is 2.43. The van der Waals surface area contributed by atoms with Crippen LogP contribution < -0.4 is 43.2 Å². The summed E-state index contributed by atoms with van der Waals surface area (Å²) >= 11 is 0. The number of aryl methyl sites for hydroxylation is 1. The van der Waals surface area contributed by atoms with Gasteiger partial charge in [-0.15, -0.1) is 5.10 Å². The molecule has 2 fully saturated rings. The van der Waals surface area contributed by atoms with Gasteiger partial charge in [0.25, 0.3) is 5.56 Å². The lowest BCUT2D eigenvalue weighted by atomic mass is 9.81. The summed E-state index contributed by atoms with van der Waals surface area (Å²) in [7, 11) is 0. The number of anilines is 1. The highest BCUT2D eigenvalue weighted by Gasteiger charge is 2.51. The number of benzene rings is 3. The SMILES string of the molecule is C.CCc1c2c(nc3ccc(O)cc13)-c1cc3c(c(=O)n1C2)COC(=O)[C@@]3(CC)OC(=O)CNC(=O)OCc1ccc(NC(=O)[C@H](CCCCN)NC(=O)[C@H](Cc2ccccc2)NC(=O)COCC(=O)NCCOCCOCCOCCOCCOCCOCCOCCOCCn2cc(CNC(=O)C3CCC(CN4C(=O)CC(C)C4=O)CC3)nn2)cc1. The van der Waals surface area contributed by atoms with Crippen molar-refractivity contribution in [2.75, 3.05) is 150 Å². The van der Waals surface area contributed by atoms with Gasteiger partial charge in [0.2, 0.25) is 47.0 Å². The van der Waals surface area contributed by atoms with Crippen LogP contribution in [0.1, 0.15) is 125 Å². The zero-order valence-corrected chi connectivity index (χ0v) is 69.4. The van der Waals surface area contributed by atoms with Gasteiger partial charge in [-0.3, -0.25) is 48.1 Å². The first kappa shape index (κ1) is 96.1. The number of nitrogens with one attached hydrogen (secondary N) is 6. The Hall–Kier alpha value is -10.7. The molecular weight excluding hydrogens is 1600 g/mol. The number of nitrogens with zero attached hydrogens (tertiary/aromatic N) is 6. The third-order valence-electron chi connectivity index (χ3n) is 21.1. The number of amides is 8. The molecule has 0 radical (unpaired) electrons. The van der Waals surface area contributed by atoms with Crippen LogP contribution in [0.4, 0.5) is 10.5 Å². The largest absolute Gasteiger partial charge is 0.508 e. The van der Waals surface area contributed by atoms with Crippen LogP contribution in [0.5, 0.6) is 5.75 Å². The van der Waals surface area contributed by atoms with Crippen molar-refractivity contribution in [3.8, 4) is 17.1 Å². The molecule has 37 heteroatoms. The van der Waals surface area contributed by atoms with Crippen molar-refractivity contribution < 1.29 is 110 Å². The second-order valence-electron chi connectivity index (χ2n) is 29.9. The first-order valence-corrected chi connectivity index (χ1v) is 41.7. The number of likely N-dealkylation sites (tertiary alicyclic amines) is 1. The number of nitrogens with two attached hydrogens (primary N) is 1. The molecule has 10 rings (SSSR count). The monoisotopic (exact) mass is 1720 g/mol. The molecular formula is C86H117N13O24. The summed E-state index contributed by atoms with van der Waals surface area (Å²) in [5.41, 5.74) is 9.06. The highest BCUT2D eigenvalue weighted by atomic mass is 16.6. The number of ether oxygens (including phenoxy) is 12. The zero-order chi connectivity index (χ0) is 86.6. The number of carbonyl (C=O) groups is 10. The number of fused-ring (bicyclic) bond motifs is 5. The van der Waals surface area contributed by atoms with Crippen LogP contribution in [0, 0.1) is 17.8 Å². The molecule has 8 amide bonds. The molecule has 1 saturated heterocycles. The van der Waals surface area contributed by atoms with Gasteiger partial charge in [-0.1, -0.05) is 75.9 Å². The Morgan fingerprint density at radius 1 is 0.683 bits per heavy atom. The minimum atomic E-state index is -2.03. The molecule has 6 heterocycles. The third kappa shape index (κ3) is 28.9. The molecule has 1 unspecified atom stereocenters. The molecule has 3 aromatic heterocycles. The Balaban J connectivity index is 0.0000172. The molecule has 670 valence electrons. The van der Waals surface area contributed by atoms with Crippen LogP contribution in [-0.4, -0.2) is 251 Å². The van der Waals surface area contributed by atoms with Crippen LogP contribution >= 0.6 is 0 Å². The van der Waals surface area contributed by atoms with E-state index < -0.39 is 84.7 Å². The smallest absolute Gasteiger partial charge is 0.407 e. The van der Waals surface area contributed by atoms with Gasteiger partial charge in [-0.25, -0.2) is 19.3 Å². The van der Waals surface area contributed by atoms with Crippen molar-refractivity contribution in [2.24, 2.45) is 23.5 Å². The van der Waals surface area contributed by atoms with E-state index in [-0.39, 0.29) is 132 Å². The lowest BCUT2D eigenvalue weighted by molar-refractivity contribution is -0.188. The number of aromatic nitrogens is 5. The van der Waals surface area contributed by atoms with Crippen molar-refractivity contribution in [2.45, 2.75) is 149 Å². The van der Waals surface area contributed by atoms with Crippen LogP contribution in [0.3, 0.4) is 0 Å². The minimum absolute atomic E-state index is 0. The lowest BCUT2D eigenvalue weighted by Crippen LogP contribution is -2.54. The second-order valence-corrected chi connectivity index (χ2v) is 29.9. The number of pyridine rings is 2. The van der Waals surface area contributed by atoms with Crippen LogP contribution in [-0.2, 0) is 151 Å². The summed E-state index contributed by atoms with van der Waals surface area (Å²) in [6.45, 7) is 10.9. The fourth-order valence-electron chi connectivity index (χ4n) is 14.6. The van der Waals surface area contributed by atoms with E-state index in [1.165, 1.54) is 11.0 Å². The van der Waals surface area contributed by atoms with E-state index >= 15 is 0 Å². The number of cyclic esters (lactones) is 1. The van der Waals surface area contributed by atoms with Crippen molar-refractivity contribution >= 4 is 76.0 Å². The maximum Gasteiger partial charge on any atom is 0.407 e. The van der Waals surface area contributed by atoms with Gasteiger partial charge >= 0.3 is 18.0 Å². The molecule has 3 aromatic carbocycles. The fourth-order valence-corrected chi connectivity index (χ4v) is 14.6. The molecule has 1 saturated carbocycles. The van der Waals surface area contributed by atoms with E-state index in [0.29, 0.717) is 171 Å². The summed E-state index contributed by atoms with van der Waals surface area (Å²) in [4.78, 5) is 152. The van der Waals surface area contributed by atoms with Crippen LogP contribution in [0.25, 0.3) is 22.3 Å². The van der Waals surface area contributed by atoms with Gasteiger partial charge in [0.05, 0.1) is 154 Å². The van der Waals surface area contributed by atoms with Gasteiger partial charge < -0.3 is 104 Å². The van der Waals surface area contributed by atoms with Gasteiger partial charge in [-0.2, -0.15) is 0 Å². The molecule has 123 heavy (non-hydrogen) atoms. The van der Waals surface area contributed by atoms with E-state index in [9.17, 15) is 57.8 Å². The van der Waals surface area contributed by atoms with E-state index in [1.807, 2.05) is 6.92 Å². The number of carbonyl (C=O) groups excluding carboxylic acids is 10. The quantitative estimate of drug-likeness (QED) is 0.0115. The Morgan fingerprint density at radius 2 is 1.33 bits per heavy atom. The summed E-state index contributed by atoms with van der Waals surface area (Å²) in [6.07, 6.45) is 5.87. The summed E-state index contributed by atoms with van der Waals surface area (Å²) < 4.78 is 69.9. The number of unbranched alkanes of at least 4 members (excludes halogenated alkanes) is 1. The molecule has 0 bridgehead atoms. The average Bonchev–Trinajstić information content (AvgIpc) is 1.60. The van der Waals surface area contributed by atoms with Crippen LogP contribution in [0.2, 0.25) is 0 Å². The first-order chi connectivity index (χ1) is 59.2. The molecule has 4 aliphatic rings. The van der Waals surface area contributed by atoms with Gasteiger partial charge in [0.15, 0.2) is 0 Å². The Morgan fingerprint density at radius 3 is 1.95 bits per heavy atom. The number of esters is 2. The maximum absolute atomic E-state index is 14.2. The predicted octanol–water partition coefficient (Wildman–Crippen LogP) is 4.12. The highest BCUT2D eigenvalue weighted by molar-refractivity contribution is 6.03. The molecule has 1 aliphatic carbocycles. The number of imide groups is 1. The molecule has 0 spiro atoms. The molecule has 3 aliphatic heterocycles. The summed E-state index contributed by atoms with van der Waals surface area (Å²) in [5.74, 6) is -4.54.